The number of nitrogens with zero attached hydrogens (tertiary/aromatic N) is 2. The number of aromatic amines is 1. The van der Waals surface area contributed by atoms with E-state index in [9.17, 15) is 0 Å². The predicted molar refractivity (Wildman–Crippen MR) is 70.2 cm³/mol. The summed E-state index contributed by atoms with van der Waals surface area (Å²) in [7, 11) is 0. The quantitative estimate of drug-likeness (QED) is 0.662. The summed E-state index contributed by atoms with van der Waals surface area (Å²) in [6, 6.07) is 11.8. The Morgan fingerprint density at radius 1 is 0.941 bits per heavy atom. The molecule has 0 spiro atoms. The zero-order valence-electron chi connectivity index (χ0n) is 8.92. The maximum absolute atomic E-state index is 5.10. The number of benzene rings is 1. The van der Waals surface area contributed by atoms with Crippen molar-refractivity contribution >= 4 is 23.0 Å². The van der Waals surface area contributed by atoms with Crippen LogP contribution in [-0.4, -0.2) is 15.0 Å². The van der Waals surface area contributed by atoms with Crippen molar-refractivity contribution in [3.05, 3.63) is 53.4 Å². The van der Waals surface area contributed by atoms with Crippen LogP contribution in [0.3, 0.4) is 0 Å². The smallest absolute Gasteiger partial charge is 0.157 e. The van der Waals surface area contributed by atoms with Crippen LogP contribution < -0.4 is 0 Å². The Labute approximate surface area is 103 Å². The van der Waals surface area contributed by atoms with Crippen molar-refractivity contribution in [2.45, 2.75) is 0 Å². The summed E-state index contributed by atoms with van der Waals surface area (Å²) in [6.45, 7) is 0. The molecule has 0 atom stereocenters. The Kier molecular flexibility index (Phi) is 2.42. The molecule has 17 heavy (non-hydrogen) atoms. The monoisotopic (exact) mass is 239 g/mol. The van der Waals surface area contributed by atoms with Gasteiger partial charge in [-0.05, 0) is 17.5 Å². The Bertz CT molecular complexity index is 728. The van der Waals surface area contributed by atoms with E-state index >= 15 is 0 Å². The number of pyridine rings is 1. The van der Waals surface area contributed by atoms with E-state index in [1.165, 1.54) is 0 Å². The van der Waals surface area contributed by atoms with Crippen molar-refractivity contribution < 1.29 is 0 Å². The molecule has 0 aliphatic rings. The van der Waals surface area contributed by atoms with Crippen molar-refractivity contribution in [1.82, 2.24) is 15.0 Å². The number of H-pyrrole nitrogens is 1. The number of nitrogens with one attached hydrogen (secondary N) is 1. The Morgan fingerprint density at radius 2 is 1.76 bits per heavy atom. The van der Waals surface area contributed by atoms with Crippen LogP contribution >= 0.6 is 12.2 Å². The third-order valence-electron chi connectivity index (χ3n) is 2.57. The van der Waals surface area contributed by atoms with Crippen molar-refractivity contribution in [3.8, 4) is 11.5 Å². The molecule has 3 aromatic rings. The molecule has 3 nitrogen and oxygen atoms in total. The number of rotatable bonds is 1. The first-order valence-electron chi connectivity index (χ1n) is 5.24. The van der Waals surface area contributed by atoms with Crippen LogP contribution in [0.5, 0.6) is 0 Å². The number of fused-ring (bicyclic) bond motifs is 1. The molecular formula is C13H9N3S. The van der Waals surface area contributed by atoms with Crippen LogP contribution in [0.1, 0.15) is 0 Å². The van der Waals surface area contributed by atoms with Crippen LogP contribution in [0.4, 0.5) is 0 Å². The summed E-state index contributed by atoms with van der Waals surface area (Å²) in [5.41, 5.74) is 0.829. The lowest BCUT2D eigenvalue weighted by molar-refractivity contribution is 1.14. The van der Waals surface area contributed by atoms with Crippen LogP contribution in [0.25, 0.3) is 22.3 Å². The minimum atomic E-state index is 0.657. The third-order valence-corrected chi connectivity index (χ3v) is 2.81. The first-order valence-corrected chi connectivity index (χ1v) is 5.65. The van der Waals surface area contributed by atoms with Crippen LogP contribution in [0, 0.1) is 4.64 Å². The summed E-state index contributed by atoms with van der Waals surface area (Å²) < 4.78 is 0.657. The Balaban J connectivity index is 2.34. The molecule has 0 aliphatic heterocycles. The normalized spacial score (nSPS) is 10.6. The highest BCUT2D eigenvalue weighted by Gasteiger charge is 2.05. The van der Waals surface area contributed by atoms with Gasteiger partial charge in [0.1, 0.15) is 10.3 Å². The minimum Gasteiger partial charge on any atom is -0.329 e. The lowest BCUT2D eigenvalue weighted by Gasteiger charge is -2.04. The maximum atomic E-state index is 5.10. The fraction of sp³-hybridized carbons (Fsp3) is 0. The minimum absolute atomic E-state index is 0.657. The summed E-state index contributed by atoms with van der Waals surface area (Å²) in [5.74, 6) is 0.703. The summed E-state index contributed by atoms with van der Waals surface area (Å²) >= 11 is 5.10. The Morgan fingerprint density at radius 3 is 2.65 bits per heavy atom. The average Bonchev–Trinajstić information content (AvgIpc) is 2.38. The van der Waals surface area contributed by atoms with Gasteiger partial charge in [0.15, 0.2) is 5.82 Å². The van der Waals surface area contributed by atoms with Crippen molar-refractivity contribution in [2.75, 3.05) is 0 Å². The second kappa shape index (κ2) is 4.07. The second-order valence-electron chi connectivity index (χ2n) is 3.66. The first kappa shape index (κ1) is 10.1. The van der Waals surface area contributed by atoms with Gasteiger partial charge in [-0.3, -0.25) is 4.98 Å². The van der Waals surface area contributed by atoms with E-state index in [0.717, 1.165) is 16.5 Å². The van der Waals surface area contributed by atoms with Crippen molar-refractivity contribution in [2.24, 2.45) is 0 Å². The van der Waals surface area contributed by atoms with E-state index in [1.54, 1.807) is 18.5 Å². The maximum Gasteiger partial charge on any atom is 0.157 e. The summed E-state index contributed by atoms with van der Waals surface area (Å²) in [4.78, 5) is 11.7. The van der Waals surface area contributed by atoms with Gasteiger partial charge in [-0.15, -0.1) is 0 Å². The van der Waals surface area contributed by atoms with E-state index in [4.69, 9.17) is 12.2 Å². The van der Waals surface area contributed by atoms with Crippen LogP contribution in [0.2, 0.25) is 0 Å². The predicted octanol–water partition coefficient (Wildman–Crippen LogP) is 3.35. The molecule has 0 unspecified atom stereocenters. The van der Waals surface area contributed by atoms with E-state index < -0.39 is 0 Å². The molecule has 0 bridgehead atoms. The van der Waals surface area contributed by atoms with Gasteiger partial charge < -0.3 is 4.98 Å². The molecule has 0 saturated carbocycles. The summed E-state index contributed by atoms with van der Waals surface area (Å²) in [5, 5.41) is 2.21. The highest BCUT2D eigenvalue weighted by atomic mass is 32.1. The number of aromatic nitrogens is 3. The van der Waals surface area contributed by atoms with Gasteiger partial charge in [-0.25, -0.2) is 4.98 Å². The fourth-order valence-corrected chi connectivity index (χ4v) is 1.96. The Hall–Kier alpha value is -2.07. The molecule has 0 aliphatic carbocycles. The van der Waals surface area contributed by atoms with E-state index in [0.29, 0.717) is 10.5 Å². The lowest BCUT2D eigenvalue weighted by Crippen LogP contribution is -1.92. The zero-order chi connectivity index (χ0) is 11.7. The highest BCUT2D eigenvalue weighted by Crippen LogP contribution is 2.22. The first-order chi connectivity index (χ1) is 8.34. The molecule has 2 aromatic heterocycles. The summed E-state index contributed by atoms with van der Waals surface area (Å²) in [6.07, 6.45) is 3.47. The highest BCUT2D eigenvalue weighted by molar-refractivity contribution is 7.71. The van der Waals surface area contributed by atoms with Crippen molar-refractivity contribution in [3.63, 3.8) is 0 Å². The van der Waals surface area contributed by atoms with E-state index in [1.807, 2.05) is 24.3 Å². The SMILES string of the molecule is S=c1ccnc(-c2nccc3ccccc23)[nH]1. The molecular weight excluding hydrogens is 230 g/mol. The average molecular weight is 239 g/mol. The van der Waals surface area contributed by atoms with Gasteiger partial charge in [-0.2, -0.15) is 0 Å². The van der Waals surface area contributed by atoms with Gasteiger partial charge in [0.05, 0.1) is 0 Å². The number of hydrogen-bond acceptors (Lipinski definition) is 3. The van der Waals surface area contributed by atoms with E-state index in [-0.39, 0.29) is 0 Å². The molecule has 1 aromatic carbocycles. The van der Waals surface area contributed by atoms with Crippen molar-refractivity contribution in [1.29, 1.82) is 0 Å². The number of hydrogen-bond donors (Lipinski definition) is 1. The van der Waals surface area contributed by atoms with Gasteiger partial charge in [0.25, 0.3) is 0 Å². The molecule has 0 saturated heterocycles. The molecule has 4 heteroatoms. The van der Waals surface area contributed by atoms with Crippen LogP contribution in [0.15, 0.2) is 48.8 Å². The standard InChI is InChI=1S/C13H9N3S/c17-11-6-8-15-13(16-11)12-10-4-2-1-3-9(10)5-7-14-12/h1-8H,(H,15,16,17). The molecule has 2 heterocycles. The molecule has 3 rings (SSSR count). The zero-order valence-corrected chi connectivity index (χ0v) is 9.74. The second-order valence-corrected chi connectivity index (χ2v) is 4.10. The topological polar surface area (TPSA) is 41.6 Å². The fourth-order valence-electron chi connectivity index (χ4n) is 1.80. The van der Waals surface area contributed by atoms with Gasteiger partial charge in [0, 0.05) is 17.8 Å². The van der Waals surface area contributed by atoms with Crippen LogP contribution in [-0.2, 0) is 0 Å². The molecule has 0 amide bonds. The van der Waals surface area contributed by atoms with Gasteiger partial charge >= 0.3 is 0 Å². The molecule has 82 valence electrons. The van der Waals surface area contributed by atoms with Gasteiger partial charge in [0.2, 0.25) is 0 Å². The molecule has 0 radical (unpaired) electrons. The lowest BCUT2D eigenvalue weighted by atomic mass is 10.1. The third kappa shape index (κ3) is 1.83. The van der Waals surface area contributed by atoms with E-state index in [2.05, 4.69) is 21.0 Å². The molecule has 1 N–H and O–H groups in total. The largest absolute Gasteiger partial charge is 0.329 e. The van der Waals surface area contributed by atoms with Gasteiger partial charge in [-0.1, -0.05) is 36.5 Å². The molecule has 0 fully saturated rings.